The fourth-order valence-corrected chi connectivity index (χ4v) is 3.71. The normalized spacial score (nSPS) is 15.7. The van der Waals surface area contributed by atoms with E-state index in [0.29, 0.717) is 24.7 Å². The first-order chi connectivity index (χ1) is 15.5. The number of hydrogen-bond acceptors (Lipinski definition) is 7. The minimum absolute atomic E-state index is 0.0546. The first kappa shape index (κ1) is 22.0. The van der Waals surface area contributed by atoms with E-state index in [0.717, 1.165) is 53.9 Å². The maximum atomic E-state index is 12.2. The molecule has 3 heterocycles. The fourth-order valence-electron chi connectivity index (χ4n) is 3.71. The second kappa shape index (κ2) is 9.91. The average molecular weight is 436 g/mol. The molecule has 168 valence electrons. The average Bonchev–Trinajstić information content (AvgIpc) is 3.48. The lowest BCUT2D eigenvalue weighted by Gasteiger charge is -2.14. The molecule has 8 heteroatoms. The van der Waals surface area contributed by atoms with Crippen LogP contribution in [0.4, 0.5) is 5.95 Å². The Balaban J connectivity index is 1.45. The van der Waals surface area contributed by atoms with Crippen LogP contribution in [0.1, 0.15) is 36.9 Å². The van der Waals surface area contributed by atoms with Gasteiger partial charge < -0.3 is 19.5 Å². The van der Waals surface area contributed by atoms with Crippen molar-refractivity contribution in [2.75, 3.05) is 25.6 Å². The van der Waals surface area contributed by atoms with Crippen molar-refractivity contribution >= 4 is 11.9 Å². The van der Waals surface area contributed by atoms with E-state index in [-0.39, 0.29) is 12.0 Å². The molecule has 1 aliphatic rings. The second-order valence-corrected chi connectivity index (χ2v) is 8.31. The minimum Gasteiger partial charge on any atom is -0.378 e. The Bertz CT molecular complexity index is 1060. The topological polar surface area (TPSA) is 93.4 Å². The summed E-state index contributed by atoms with van der Waals surface area (Å²) in [5, 5.41) is 6.99. The molecule has 3 aromatic rings. The molecule has 8 nitrogen and oxygen atoms in total. The Kier molecular flexibility index (Phi) is 6.80. The van der Waals surface area contributed by atoms with Crippen LogP contribution in [-0.2, 0) is 16.1 Å². The zero-order chi connectivity index (χ0) is 22.5. The summed E-state index contributed by atoms with van der Waals surface area (Å²) in [6, 6.07) is 9.88. The van der Waals surface area contributed by atoms with Gasteiger partial charge in [0.2, 0.25) is 11.9 Å². The van der Waals surface area contributed by atoms with Crippen molar-refractivity contribution in [1.29, 1.82) is 0 Å². The molecule has 0 saturated carbocycles. The van der Waals surface area contributed by atoms with E-state index in [1.165, 1.54) is 0 Å². The highest BCUT2D eigenvalue weighted by atomic mass is 16.5. The number of hydrogen-bond donors (Lipinski definition) is 1. The van der Waals surface area contributed by atoms with E-state index in [2.05, 4.69) is 15.5 Å². The third-order valence-electron chi connectivity index (χ3n) is 5.50. The minimum atomic E-state index is 0.0546. The van der Waals surface area contributed by atoms with Gasteiger partial charge in [0, 0.05) is 51.5 Å². The standard InChI is InChI=1S/C24H29N5O3/c1-16-13-21(32-28-16)20-15-26-24(29(2)3)27-23(20)18-8-6-17(7-9-18)14-25-22(30)11-10-19-5-4-12-31-19/h6-9,13,15,19H,4-5,10-12,14H2,1-3H3,(H,25,30)/t19-/m0/s1. The maximum Gasteiger partial charge on any atom is 0.225 e. The monoisotopic (exact) mass is 435 g/mol. The van der Waals surface area contributed by atoms with E-state index in [4.69, 9.17) is 14.2 Å². The molecule has 4 rings (SSSR count). The number of anilines is 1. The van der Waals surface area contributed by atoms with E-state index in [1.807, 2.05) is 56.3 Å². The summed E-state index contributed by atoms with van der Waals surface area (Å²) in [5.41, 5.74) is 4.32. The van der Waals surface area contributed by atoms with Crippen LogP contribution in [-0.4, -0.2) is 47.8 Å². The lowest BCUT2D eigenvalue weighted by molar-refractivity contribution is -0.121. The summed E-state index contributed by atoms with van der Waals surface area (Å²) in [4.78, 5) is 23.2. The quantitative estimate of drug-likeness (QED) is 0.576. The van der Waals surface area contributed by atoms with Crippen molar-refractivity contribution in [1.82, 2.24) is 20.4 Å². The maximum absolute atomic E-state index is 12.2. The van der Waals surface area contributed by atoms with Crippen LogP contribution in [0.5, 0.6) is 0 Å². The highest BCUT2D eigenvalue weighted by Crippen LogP contribution is 2.31. The van der Waals surface area contributed by atoms with Gasteiger partial charge >= 0.3 is 0 Å². The largest absolute Gasteiger partial charge is 0.378 e. The van der Waals surface area contributed by atoms with Crippen molar-refractivity contribution in [2.45, 2.75) is 45.3 Å². The Hall–Kier alpha value is -3.26. The molecular weight excluding hydrogens is 406 g/mol. The summed E-state index contributed by atoms with van der Waals surface area (Å²) in [7, 11) is 3.81. The molecule has 1 aromatic carbocycles. The zero-order valence-electron chi connectivity index (χ0n) is 18.8. The molecule has 32 heavy (non-hydrogen) atoms. The SMILES string of the molecule is Cc1cc(-c2cnc(N(C)C)nc2-c2ccc(CNC(=O)CC[C@@H]3CCCO3)cc2)on1. The van der Waals surface area contributed by atoms with Crippen LogP contribution in [0.2, 0.25) is 0 Å². The third-order valence-corrected chi connectivity index (χ3v) is 5.50. The molecular formula is C24H29N5O3. The molecule has 0 spiro atoms. The van der Waals surface area contributed by atoms with Gasteiger partial charge in [-0.15, -0.1) is 0 Å². The van der Waals surface area contributed by atoms with Crippen molar-refractivity contribution in [3.05, 3.63) is 47.8 Å². The first-order valence-electron chi connectivity index (χ1n) is 11.0. The summed E-state index contributed by atoms with van der Waals surface area (Å²) in [6.45, 7) is 3.19. The van der Waals surface area contributed by atoms with Crippen molar-refractivity contribution in [3.63, 3.8) is 0 Å². The molecule has 1 amide bonds. The number of aryl methyl sites for hydroxylation is 1. The molecule has 1 atom stereocenters. The Morgan fingerprint density at radius 3 is 2.72 bits per heavy atom. The van der Waals surface area contributed by atoms with Gasteiger partial charge in [-0.05, 0) is 31.7 Å². The van der Waals surface area contributed by atoms with E-state index < -0.39 is 0 Å². The number of nitrogens with one attached hydrogen (secondary N) is 1. The van der Waals surface area contributed by atoms with E-state index in [9.17, 15) is 4.79 Å². The lowest BCUT2D eigenvalue weighted by atomic mass is 10.0. The zero-order valence-corrected chi connectivity index (χ0v) is 18.8. The fraction of sp³-hybridized carbons (Fsp3) is 0.417. The van der Waals surface area contributed by atoms with Gasteiger partial charge in [-0.2, -0.15) is 0 Å². The summed E-state index contributed by atoms with van der Waals surface area (Å²) in [6.07, 6.45) is 5.44. The Morgan fingerprint density at radius 2 is 2.06 bits per heavy atom. The summed E-state index contributed by atoms with van der Waals surface area (Å²) < 4.78 is 11.0. The van der Waals surface area contributed by atoms with Gasteiger partial charge in [0.15, 0.2) is 5.76 Å². The highest BCUT2D eigenvalue weighted by molar-refractivity contribution is 5.79. The van der Waals surface area contributed by atoms with E-state index >= 15 is 0 Å². The van der Waals surface area contributed by atoms with Gasteiger partial charge in [0.25, 0.3) is 0 Å². The molecule has 1 fully saturated rings. The van der Waals surface area contributed by atoms with Gasteiger partial charge in [-0.3, -0.25) is 4.79 Å². The van der Waals surface area contributed by atoms with Crippen LogP contribution >= 0.6 is 0 Å². The van der Waals surface area contributed by atoms with Crippen LogP contribution < -0.4 is 10.2 Å². The van der Waals surface area contributed by atoms with E-state index in [1.54, 1.807) is 6.20 Å². The van der Waals surface area contributed by atoms with Crippen molar-refractivity contribution < 1.29 is 14.1 Å². The number of ether oxygens (including phenoxy) is 1. The number of rotatable bonds is 8. The van der Waals surface area contributed by atoms with Crippen LogP contribution in [0.3, 0.4) is 0 Å². The number of carbonyl (C=O) groups is 1. The number of benzene rings is 1. The van der Waals surface area contributed by atoms with Crippen LogP contribution in [0.15, 0.2) is 41.1 Å². The third kappa shape index (κ3) is 5.31. The van der Waals surface area contributed by atoms with Crippen molar-refractivity contribution in [3.8, 4) is 22.6 Å². The molecule has 0 bridgehead atoms. The van der Waals surface area contributed by atoms with Crippen LogP contribution in [0.25, 0.3) is 22.6 Å². The first-order valence-corrected chi connectivity index (χ1v) is 11.0. The van der Waals surface area contributed by atoms with Gasteiger partial charge in [-0.1, -0.05) is 29.4 Å². The van der Waals surface area contributed by atoms with Gasteiger partial charge in [0.1, 0.15) is 0 Å². The number of aromatic nitrogens is 3. The summed E-state index contributed by atoms with van der Waals surface area (Å²) in [5.74, 6) is 1.30. The smallest absolute Gasteiger partial charge is 0.225 e. The molecule has 0 aliphatic carbocycles. The Labute approximate surface area is 188 Å². The number of carbonyl (C=O) groups excluding carboxylic acids is 1. The lowest BCUT2D eigenvalue weighted by Crippen LogP contribution is -2.23. The molecule has 1 N–H and O–H groups in total. The molecule has 0 radical (unpaired) electrons. The highest BCUT2D eigenvalue weighted by Gasteiger charge is 2.17. The molecule has 2 aromatic heterocycles. The predicted molar refractivity (Wildman–Crippen MR) is 122 cm³/mol. The molecule has 1 saturated heterocycles. The Morgan fingerprint density at radius 1 is 1.25 bits per heavy atom. The van der Waals surface area contributed by atoms with Gasteiger partial charge in [-0.25, -0.2) is 9.97 Å². The van der Waals surface area contributed by atoms with Crippen molar-refractivity contribution in [2.24, 2.45) is 0 Å². The van der Waals surface area contributed by atoms with Gasteiger partial charge in [0.05, 0.1) is 23.1 Å². The van der Waals surface area contributed by atoms with Crippen LogP contribution in [0, 0.1) is 6.92 Å². The predicted octanol–water partition coefficient (Wildman–Crippen LogP) is 3.75. The second-order valence-electron chi connectivity index (χ2n) is 8.31. The molecule has 0 unspecified atom stereocenters. The molecule has 1 aliphatic heterocycles. The number of nitrogens with zero attached hydrogens (tertiary/aromatic N) is 4. The summed E-state index contributed by atoms with van der Waals surface area (Å²) >= 11 is 0. The number of amides is 1.